The number of hydrogen-bond donors (Lipinski definition) is 1. The first-order valence-electron chi connectivity index (χ1n) is 5.46. The van der Waals surface area contributed by atoms with Crippen molar-refractivity contribution < 1.29 is 0 Å². The Hall–Kier alpha value is -1.51. The molecule has 0 aromatic carbocycles. The molecule has 0 fully saturated rings. The SMILES string of the molecule is CC.CC.Cc1ccc2nc(N)cn2c1. The van der Waals surface area contributed by atoms with Crippen molar-refractivity contribution in [1.29, 1.82) is 0 Å². The Balaban J connectivity index is 0.000000442. The number of nitrogens with two attached hydrogens (primary N) is 1. The molecule has 2 rings (SSSR count). The van der Waals surface area contributed by atoms with Crippen LogP contribution in [-0.2, 0) is 0 Å². The van der Waals surface area contributed by atoms with Crippen LogP contribution in [-0.4, -0.2) is 9.38 Å². The van der Waals surface area contributed by atoms with E-state index in [1.165, 1.54) is 5.56 Å². The zero-order valence-corrected chi connectivity index (χ0v) is 10.3. The average molecular weight is 207 g/mol. The van der Waals surface area contributed by atoms with Crippen LogP contribution in [0.2, 0.25) is 0 Å². The summed E-state index contributed by atoms with van der Waals surface area (Å²) >= 11 is 0. The normalized spacial score (nSPS) is 8.60. The first-order valence-corrected chi connectivity index (χ1v) is 5.46. The molecule has 0 aliphatic rings. The van der Waals surface area contributed by atoms with Gasteiger partial charge in [0.1, 0.15) is 11.5 Å². The van der Waals surface area contributed by atoms with Gasteiger partial charge in [-0.3, -0.25) is 0 Å². The maximum absolute atomic E-state index is 5.51. The number of aryl methyl sites for hydroxylation is 1. The van der Waals surface area contributed by atoms with E-state index < -0.39 is 0 Å². The van der Waals surface area contributed by atoms with Crippen LogP contribution in [0.4, 0.5) is 5.82 Å². The smallest absolute Gasteiger partial charge is 0.142 e. The molecule has 0 atom stereocenters. The molecule has 0 unspecified atom stereocenters. The zero-order valence-electron chi connectivity index (χ0n) is 10.3. The Kier molecular flexibility index (Phi) is 6.18. The predicted molar refractivity (Wildman–Crippen MR) is 67.0 cm³/mol. The Bertz CT molecular complexity index is 391. The van der Waals surface area contributed by atoms with Gasteiger partial charge in [-0.05, 0) is 18.6 Å². The van der Waals surface area contributed by atoms with Crippen molar-refractivity contribution in [2.75, 3.05) is 5.73 Å². The van der Waals surface area contributed by atoms with Crippen LogP contribution < -0.4 is 5.73 Å². The second-order valence-corrected chi connectivity index (χ2v) is 2.64. The summed E-state index contributed by atoms with van der Waals surface area (Å²) in [4.78, 5) is 4.10. The van der Waals surface area contributed by atoms with Crippen molar-refractivity contribution >= 4 is 11.5 Å². The van der Waals surface area contributed by atoms with Gasteiger partial charge in [0, 0.05) is 6.20 Å². The zero-order chi connectivity index (χ0) is 11.8. The van der Waals surface area contributed by atoms with Crippen molar-refractivity contribution in [2.24, 2.45) is 0 Å². The number of nitrogens with zero attached hydrogens (tertiary/aromatic N) is 2. The Morgan fingerprint density at radius 3 is 2.27 bits per heavy atom. The second kappa shape index (κ2) is 6.87. The number of hydrogen-bond acceptors (Lipinski definition) is 2. The van der Waals surface area contributed by atoms with Gasteiger partial charge in [0.2, 0.25) is 0 Å². The number of pyridine rings is 1. The Labute approximate surface area is 91.9 Å². The molecule has 3 nitrogen and oxygen atoms in total. The largest absolute Gasteiger partial charge is 0.382 e. The van der Waals surface area contributed by atoms with Crippen molar-refractivity contribution in [2.45, 2.75) is 34.6 Å². The summed E-state index contributed by atoms with van der Waals surface area (Å²) in [6, 6.07) is 3.97. The number of aromatic nitrogens is 2. The first-order chi connectivity index (χ1) is 7.25. The van der Waals surface area contributed by atoms with Crippen LogP contribution in [0.3, 0.4) is 0 Å². The van der Waals surface area contributed by atoms with Crippen LogP contribution in [0.5, 0.6) is 0 Å². The molecule has 0 bridgehead atoms. The van der Waals surface area contributed by atoms with Gasteiger partial charge in [-0.25, -0.2) is 4.98 Å². The van der Waals surface area contributed by atoms with Gasteiger partial charge in [-0.1, -0.05) is 33.8 Å². The molecule has 0 radical (unpaired) electrons. The van der Waals surface area contributed by atoms with Crippen molar-refractivity contribution in [1.82, 2.24) is 9.38 Å². The minimum atomic E-state index is 0.565. The maximum Gasteiger partial charge on any atom is 0.142 e. The minimum absolute atomic E-state index is 0.565. The molecule has 2 N–H and O–H groups in total. The topological polar surface area (TPSA) is 43.3 Å². The quantitative estimate of drug-likeness (QED) is 0.720. The number of nitrogen functional groups attached to an aromatic ring is 1. The van der Waals surface area contributed by atoms with E-state index in [0.29, 0.717) is 5.82 Å². The van der Waals surface area contributed by atoms with Gasteiger partial charge in [-0.2, -0.15) is 0 Å². The highest BCUT2D eigenvalue weighted by Gasteiger charge is 1.95. The van der Waals surface area contributed by atoms with Crippen LogP contribution >= 0.6 is 0 Å². The van der Waals surface area contributed by atoms with Crippen molar-refractivity contribution in [3.8, 4) is 0 Å². The van der Waals surface area contributed by atoms with E-state index in [-0.39, 0.29) is 0 Å². The van der Waals surface area contributed by atoms with Gasteiger partial charge in [0.15, 0.2) is 0 Å². The molecule has 2 heterocycles. The second-order valence-electron chi connectivity index (χ2n) is 2.64. The highest BCUT2D eigenvalue weighted by atomic mass is 15.0. The monoisotopic (exact) mass is 207 g/mol. The highest BCUT2D eigenvalue weighted by Crippen LogP contribution is 2.07. The molecule has 0 spiro atoms. The predicted octanol–water partition coefficient (Wildman–Crippen LogP) is 3.28. The molecule has 2 aromatic rings. The third-order valence-electron chi connectivity index (χ3n) is 1.62. The molecular formula is C12H21N3. The van der Waals surface area contributed by atoms with Gasteiger partial charge >= 0.3 is 0 Å². The van der Waals surface area contributed by atoms with Crippen LogP contribution in [0.25, 0.3) is 5.65 Å². The van der Waals surface area contributed by atoms with E-state index >= 15 is 0 Å². The molecule has 0 amide bonds. The number of rotatable bonds is 0. The fraction of sp³-hybridized carbons (Fsp3) is 0.417. The van der Waals surface area contributed by atoms with Crippen LogP contribution in [0, 0.1) is 6.92 Å². The van der Waals surface area contributed by atoms with Gasteiger partial charge in [-0.15, -0.1) is 0 Å². The maximum atomic E-state index is 5.51. The Morgan fingerprint density at radius 1 is 1.07 bits per heavy atom. The molecule has 15 heavy (non-hydrogen) atoms. The summed E-state index contributed by atoms with van der Waals surface area (Å²) in [5.41, 5.74) is 7.61. The molecule has 0 aliphatic carbocycles. The highest BCUT2D eigenvalue weighted by molar-refractivity contribution is 5.46. The summed E-state index contributed by atoms with van der Waals surface area (Å²) in [5.74, 6) is 0.565. The fourth-order valence-electron chi connectivity index (χ4n) is 1.12. The summed E-state index contributed by atoms with van der Waals surface area (Å²) in [6.45, 7) is 10.0. The molecular weight excluding hydrogens is 186 g/mol. The van der Waals surface area contributed by atoms with E-state index in [0.717, 1.165) is 5.65 Å². The summed E-state index contributed by atoms with van der Waals surface area (Å²) in [6.07, 6.45) is 3.81. The molecule has 84 valence electrons. The molecule has 0 saturated carbocycles. The van der Waals surface area contributed by atoms with Gasteiger partial charge < -0.3 is 10.1 Å². The fourth-order valence-corrected chi connectivity index (χ4v) is 1.12. The molecule has 0 aliphatic heterocycles. The van der Waals surface area contributed by atoms with Crippen LogP contribution in [0.1, 0.15) is 33.3 Å². The lowest BCUT2D eigenvalue weighted by atomic mass is 10.3. The van der Waals surface area contributed by atoms with Gasteiger partial charge in [0.25, 0.3) is 0 Å². The minimum Gasteiger partial charge on any atom is -0.382 e. The summed E-state index contributed by atoms with van der Waals surface area (Å²) in [5, 5.41) is 0. The third-order valence-corrected chi connectivity index (χ3v) is 1.62. The molecule has 3 heteroatoms. The Morgan fingerprint density at radius 2 is 1.67 bits per heavy atom. The molecule has 2 aromatic heterocycles. The average Bonchev–Trinajstić information content (AvgIpc) is 2.63. The van der Waals surface area contributed by atoms with Crippen LogP contribution in [0.15, 0.2) is 24.5 Å². The summed E-state index contributed by atoms with van der Waals surface area (Å²) < 4.78 is 1.92. The van der Waals surface area contributed by atoms with Crippen molar-refractivity contribution in [3.63, 3.8) is 0 Å². The lowest BCUT2D eigenvalue weighted by Gasteiger charge is -1.92. The number of anilines is 1. The number of imidazole rings is 1. The number of fused-ring (bicyclic) bond motifs is 1. The third kappa shape index (κ3) is 3.62. The van der Waals surface area contributed by atoms with Crippen molar-refractivity contribution in [3.05, 3.63) is 30.1 Å². The standard InChI is InChI=1S/C8H9N3.2C2H6/c1-6-2-3-8-10-7(9)5-11(8)4-6;2*1-2/h2-5H,9H2,1H3;2*1-2H3. The lowest BCUT2D eigenvalue weighted by molar-refractivity contribution is 1.16. The van der Waals surface area contributed by atoms with E-state index in [1.807, 2.05) is 63.5 Å². The van der Waals surface area contributed by atoms with E-state index in [4.69, 9.17) is 5.73 Å². The van der Waals surface area contributed by atoms with Gasteiger partial charge in [0.05, 0.1) is 6.20 Å². The van der Waals surface area contributed by atoms with E-state index in [2.05, 4.69) is 4.98 Å². The molecule has 0 saturated heterocycles. The van der Waals surface area contributed by atoms with E-state index in [1.54, 1.807) is 0 Å². The summed E-state index contributed by atoms with van der Waals surface area (Å²) in [7, 11) is 0. The lowest BCUT2D eigenvalue weighted by Crippen LogP contribution is -1.82. The first kappa shape index (κ1) is 13.5. The van der Waals surface area contributed by atoms with E-state index in [9.17, 15) is 0 Å².